The number of aromatic amines is 1. The lowest BCUT2D eigenvalue weighted by Gasteiger charge is -2.04. The van der Waals surface area contributed by atoms with Gasteiger partial charge >= 0.3 is 0 Å². The van der Waals surface area contributed by atoms with Gasteiger partial charge in [-0.25, -0.2) is 19.2 Å². The molecule has 1 aromatic carbocycles. The highest BCUT2D eigenvalue weighted by Gasteiger charge is 2.21. The first-order chi connectivity index (χ1) is 11.3. The van der Waals surface area contributed by atoms with Crippen molar-refractivity contribution in [2.75, 3.05) is 16.8 Å². The number of hydrogen-bond donors (Lipinski definition) is 4. The molecule has 0 radical (unpaired) electrons. The van der Waals surface area contributed by atoms with Gasteiger partial charge in [-0.2, -0.15) is 0 Å². The molecule has 0 saturated heterocycles. The highest BCUT2D eigenvalue weighted by atomic mass is 35.5. The van der Waals surface area contributed by atoms with Gasteiger partial charge in [0.15, 0.2) is 9.84 Å². The Bertz CT molecular complexity index is 848. The van der Waals surface area contributed by atoms with E-state index in [0.717, 1.165) is 5.56 Å². The van der Waals surface area contributed by atoms with Crippen LogP contribution in [-0.2, 0) is 19.4 Å². The number of rotatable bonds is 6. The molecule has 2 rings (SSSR count). The number of hydrazine groups is 1. The summed E-state index contributed by atoms with van der Waals surface area (Å²) in [5, 5.41) is 2.90. The number of nitrogens with zero attached hydrogens (tertiary/aromatic N) is 1. The van der Waals surface area contributed by atoms with Crippen LogP contribution in [0.1, 0.15) is 0 Å². The molecule has 0 fully saturated rings. The van der Waals surface area contributed by atoms with Gasteiger partial charge in [-0.15, -0.1) is 0 Å². The van der Waals surface area contributed by atoms with Crippen LogP contribution in [-0.4, -0.2) is 41.7 Å². The highest BCUT2D eigenvalue weighted by molar-refractivity contribution is 7.92. The lowest BCUT2D eigenvalue weighted by atomic mass is 10.2. The van der Waals surface area contributed by atoms with Crippen molar-refractivity contribution in [1.82, 2.24) is 15.4 Å². The van der Waals surface area contributed by atoms with Gasteiger partial charge in [-0.1, -0.05) is 23.7 Å². The Hall–Kier alpha value is -2.43. The molecule has 11 heteroatoms. The van der Waals surface area contributed by atoms with Gasteiger partial charge in [-0.05, 0) is 17.7 Å². The molecule has 9 nitrogen and oxygen atoms in total. The van der Waals surface area contributed by atoms with Crippen molar-refractivity contribution in [2.24, 2.45) is 5.84 Å². The number of carbonyl (C=O) groups is 2. The number of aromatic nitrogens is 2. The summed E-state index contributed by atoms with van der Waals surface area (Å²) < 4.78 is 23.3. The Morgan fingerprint density at radius 2 is 1.79 bits per heavy atom. The monoisotopic (exact) mass is 371 g/mol. The van der Waals surface area contributed by atoms with E-state index in [4.69, 9.17) is 17.4 Å². The number of benzene rings is 1. The first-order valence-electron chi connectivity index (χ1n) is 6.60. The summed E-state index contributed by atoms with van der Waals surface area (Å²) in [6, 6.07) is 6.92. The summed E-state index contributed by atoms with van der Waals surface area (Å²) in [6.45, 7) is 0. The molecule has 1 heterocycles. The second-order valence-corrected chi connectivity index (χ2v) is 7.30. The molecule has 2 aromatic rings. The van der Waals surface area contributed by atoms with Crippen molar-refractivity contribution < 1.29 is 18.0 Å². The summed E-state index contributed by atoms with van der Waals surface area (Å²) in [6.07, 6.45) is 1.48. The molecule has 24 heavy (non-hydrogen) atoms. The van der Waals surface area contributed by atoms with Crippen molar-refractivity contribution in [3.05, 3.63) is 35.5 Å². The van der Waals surface area contributed by atoms with E-state index in [2.05, 4.69) is 15.3 Å². The van der Waals surface area contributed by atoms with Crippen LogP contribution in [0.5, 0.6) is 0 Å². The zero-order valence-corrected chi connectivity index (χ0v) is 13.8. The fourth-order valence-electron chi connectivity index (χ4n) is 1.82. The van der Waals surface area contributed by atoms with Crippen molar-refractivity contribution in [1.29, 1.82) is 0 Å². The molecule has 1 aromatic heterocycles. The van der Waals surface area contributed by atoms with Gasteiger partial charge in [0.25, 0.3) is 0 Å². The van der Waals surface area contributed by atoms with E-state index >= 15 is 0 Å². The maximum absolute atomic E-state index is 11.8. The lowest BCUT2D eigenvalue weighted by Crippen LogP contribution is -2.37. The average molecular weight is 372 g/mol. The molecular formula is C13H14ClN5O4S. The normalized spacial score (nSPS) is 11.1. The Morgan fingerprint density at radius 1 is 1.17 bits per heavy atom. The molecular weight excluding hydrogens is 358 g/mol. The summed E-state index contributed by atoms with van der Waals surface area (Å²) in [7, 11) is -3.92. The van der Waals surface area contributed by atoms with E-state index in [1.165, 1.54) is 6.20 Å². The van der Waals surface area contributed by atoms with Gasteiger partial charge in [0.05, 0.1) is 11.9 Å². The maximum Gasteiger partial charge on any atom is 0.249 e. The van der Waals surface area contributed by atoms with Crippen molar-refractivity contribution in [3.63, 3.8) is 0 Å². The van der Waals surface area contributed by atoms with Gasteiger partial charge < -0.3 is 4.98 Å². The molecule has 0 atom stereocenters. The topological polar surface area (TPSA) is 147 Å². The summed E-state index contributed by atoms with van der Waals surface area (Å²) in [4.78, 5) is 29.5. The first kappa shape index (κ1) is 17.9. The molecule has 0 aliphatic rings. The van der Waals surface area contributed by atoms with E-state index in [0.29, 0.717) is 10.7 Å². The Morgan fingerprint density at radius 3 is 2.42 bits per heavy atom. The largest absolute Gasteiger partial charge is 0.324 e. The summed E-state index contributed by atoms with van der Waals surface area (Å²) >= 11 is 5.81. The molecule has 0 unspecified atom stereocenters. The Labute approximate surface area is 142 Å². The van der Waals surface area contributed by atoms with Crippen LogP contribution < -0.4 is 16.6 Å². The number of amides is 2. The number of carbonyl (C=O) groups excluding carboxylic acids is 2. The smallest absolute Gasteiger partial charge is 0.249 e. The number of hydrogen-bond acceptors (Lipinski definition) is 6. The third kappa shape index (κ3) is 5.05. The molecule has 2 amide bonds. The molecule has 128 valence electrons. The molecule has 0 spiro atoms. The average Bonchev–Trinajstić information content (AvgIpc) is 2.94. The van der Waals surface area contributed by atoms with Gasteiger partial charge in [0.1, 0.15) is 11.5 Å². The number of nitrogens with one attached hydrogen (secondary N) is 3. The van der Waals surface area contributed by atoms with Crippen LogP contribution in [0.3, 0.4) is 0 Å². The number of anilines is 1. The Balaban J connectivity index is 2.00. The first-order valence-corrected chi connectivity index (χ1v) is 8.79. The maximum atomic E-state index is 11.8. The fourth-order valence-corrected chi connectivity index (χ4v) is 3.00. The third-order valence-electron chi connectivity index (χ3n) is 2.85. The van der Waals surface area contributed by atoms with Crippen LogP contribution in [0.4, 0.5) is 5.95 Å². The van der Waals surface area contributed by atoms with Crippen LogP contribution >= 0.6 is 11.6 Å². The molecule has 0 bridgehead atoms. The molecule has 0 saturated carbocycles. The lowest BCUT2D eigenvalue weighted by molar-refractivity contribution is -0.118. The number of halogens is 1. The van der Waals surface area contributed by atoms with Gasteiger partial charge in [0, 0.05) is 5.02 Å². The van der Waals surface area contributed by atoms with Crippen LogP contribution in [0.15, 0.2) is 30.5 Å². The number of nitrogens with two attached hydrogens (primary N) is 1. The van der Waals surface area contributed by atoms with Crippen LogP contribution in [0.25, 0.3) is 11.3 Å². The second-order valence-electron chi connectivity index (χ2n) is 4.80. The van der Waals surface area contributed by atoms with Crippen molar-refractivity contribution in [2.45, 2.75) is 0 Å². The van der Waals surface area contributed by atoms with E-state index in [1.54, 1.807) is 29.7 Å². The zero-order chi connectivity index (χ0) is 17.7. The minimum absolute atomic E-state index is 0.0865. The quantitative estimate of drug-likeness (QED) is 0.321. The van der Waals surface area contributed by atoms with Crippen molar-refractivity contribution in [3.8, 4) is 11.3 Å². The number of H-pyrrole nitrogens is 1. The standard InChI is InChI=1S/C13H14ClN5O4S/c14-9-3-1-8(2-4-9)10-5-16-13(17-10)18-11(20)6-24(22,23)7-12(21)19-15/h1-5H,6-7,15H2,(H,19,21)(H2,16,17,18,20). The predicted molar refractivity (Wildman–Crippen MR) is 88.6 cm³/mol. The molecule has 0 aliphatic heterocycles. The van der Waals surface area contributed by atoms with E-state index in [9.17, 15) is 18.0 Å². The van der Waals surface area contributed by atoms with Gasteiger partial charge in [-0.3, -0.25) is 20.3 Å². The SMILES string of the molecule is NNC(=O)CS(=O)(=O)CC(=O)Nc1ncc(-c2ccc(Cl)cc2)[nH]1. The number of imidazole rings is 1. The van der Waals surface area contributed by atoms with Crippen LogP contribution in [0.2, 0.25) is 5.02 Å². The van der Waals surface area contributed by atoms with Crippen molar-refractivity contribution >= 4 is 39.2 Å². The fraction of sp³-hybridized carbons (Fsp3) is 0.154. The van der Waals surface area contributed by atoms with E-state index in [-0.39, 0.29) is 5.95 Å². The highest BCUT2D eigenvalue weighted by Crippen LogP contribution is 2.20. The predicted octanol–water partition coefficient (Wildman–Crippen LogP) is 0.0733. The molecule has 5 N–H and O–H groups in total. The van der Waals surface area contributed by atoms with E-state index < -0.39 is 33.2 Å². The zero-order valence-electron chi connectivity index (χ0n) is 12.2. The summed E-state index contributed by atoms with van der Waals surface area (Å²) in [5.74, 6) is 1.45. The third-order valence-corrected chi connectivity index (χ3v) is 4.51. The summed E-state index contributed by atoms with van der Waals surface area (Å²) in [5.41, 5.74) is 3.10. The number of sulfone groups is 1. The minimum atomic E-state index is -3.92. The molecule has 0 aliphatic carbocycles. The van der Waals surface area contributed by atoms with E-state index in [1.807, 2.05) is 0 Å². The van der Waals surface area contributed by atoms with Crippen LogP contribution in [0, 0.1) is 0 Å². The minimum Gasteiger partial charge on any atom is -0.324 e. The second kappa shape index (κ2) is 7.43. The van der Waals surface area contributed by atoms with Gasteiger partial charge in [0.2, 0.25) is 17.8 Å². The Kier molecular flexibility index (Phi) is 5.54.